The normalized spacial score (nSPS) is 11.9. The molecule has 38 heavy (non-hydrogen) atoms. The van der Waals surface area contributed by atoms with Gasteiger partial charge in [-0.15, -0.1) is 0 Å². The van der Waals surface area contributed by atoms with Crippen LogP contribution < -0.4 is 14.4 Å². The highest BCUT2D eigenvalue weighted by molar-refractivity contribution is 7.92. The van der Waals surface area contributed by atoms with Crippen LogP contribution in [0.25, 0.3) is 0 Å². The van der Waals surface area contributed by atoms with Gasteiger partial charge in [0.25, 0.3) is 0 Å². The minimum absolute atomic E-state index is 0.153. The summed E-state index contributed by atoms with van der Waals surface area (Å²) in [5.41, 5.74) is 3.06. The Balaban J connectivity index is 2.03. The minimum atomic E-state index is -3.82. The van der Waals surface area contributed by atoms with Crippen molar-refractivity contribution < 1.29 is 22.7 Å². The van der Waals surface area contributed by atoms with E-state index < -0.39 is 28.5 Å². The van der Waals surface area contributed by atoms with E-state index in [-0.39, 0.29) is 18.9 Å². The number of ether oxygens (including phenoxy) is 1. The summed E-state index contributed by atoms with van der Waals surface area (Å²) in [6.45, 7) is 3.86. The van der Waals surface area contributed by atoms with Gasteiger partial charge in [0.2, 0.25) is 21.8 Å². The number of carbonyl (C=O) groups excluding carboxylic acids is 2. The van der Waals surface area contributed by atoms with Crippen molar-refractivity contribution in [3.8, 4) is 5.75 Å². The van der Waals surface area contributed by atoms with Gasteiger partial charge in [-0.3, -0.25) is 13.9 Å². The van der Waals surface area contributed by atoms with Crippen molar-refractivity contribution in [1.82, 2.24) is 10.2 Å². The Hall–Kier alpha value is -3.85. The monoisotopic (exact) mass is 537 g/mol. The summed E-state index contributed by atoms with van der Waals surface area (Å²) in [4.78, 5) is 28.8. The van der Waals surface area contributed by atoms with Crippen LogP contribution in [0.5, 0.6) is 5.75 Å². The Labute approximate surface area is 225 Å². The summed E-state index contributed by atoms with van der Waals surface area (Å²) in [6, 6.07) is 22.7. The van der Waals surface area contributed by atoms with Gasteiger partial charge in [-0.2, -0.15) is 0 Å². The summed E-state index contributed by atoms with van der Waals surface area (Å²) in [5, 5.41) is 2.85. The van der Waals surface area contributed by atoms with Gasteiger partial charge in [0.05, 0.1) is 19.1 Å². The van der Waals surface area contributed by atoms with Crippen LogP contribution in [-0.4, -0.2) is 57.6 Å². The highest BCUT2D eigenvalue weighted by atomic mass is 32.2. The van der Waals surface area contributed by atoms with E-state index in [1.54, 1.807) is 24.3 Å². The lowest BCUT2D eigenvalue weighted by atomic mass is 10.0. The first-order chi connectivity index (χ1) is 18.1. The quantitative estimate of drug-likeness (QED) is 0.381. The van der Waals surface area contributed by atoms with E-state index in [4.69, 9.17) is 4.74 Å². The van der Waals surface area contributed by atoms with Crippen molar-refractivity contribution in [2.75, 3.05) is 30.8 Å². The number of anilines is 1. The zero-order valence-electron chi connectivity index (χ0n) is 22.3. The molecule has 2 amide bonds. The van der Waals surface area contributed by atoms with Crippen LogP contribution in [0.3, 0.4) is 0 Å². The number of amides is 2. The van der Waals surface area contributed by atoms with Crippen molar-refractivity contribution in [3.63, 3.8) is 0 Å². The Morgan fingerprint density at radius 3 is 2.16 bits per heavy atom. The molecule has 1 atom stereocenters. The molecule has 0 aliphatic heterocycles. The van der Waals surface area contributed by atoms with Crippen molar-refractivity contribution in [3.05, 3.63) is 95.6 Å². The number of sulfonamides is 1. The fourth-order valence-electron chi connectivity index (χ4n) is 4.18. The molecule has 0 aliphatic carbocycles. The second-order valence-corrected chi connectivity index (χ2v) is 10.9. The molecule has 1 N–H and O–H groups in total. The van der Waals surface area contributed by atoms with Crippen LogP contribution in [0.4, 0.5) is 5.69 Å². The van der Waals surface area contributed by atoms with Crippen LogP contribution in [0.15, 0.2) is 78.9 Å². The molecule has 0 bridgehead atoms. The SMILES string of the molecule is CCNC(=O)C(Cc1ccccc1)N(Cc1ccccc1C)C(=O)CN(c1ccc(OC)cc1)S(C)(=O)=O. The average Bonchev–Trinajstić information content (AvgIpc) is 2.90. The predicted octanol–water partition coefficient (Wildman–Crippen LogP) is 3.55. The second kappa shape index (κ2) is 13.1. The van der Waals surface area contributed by atoms with Crippen LogP contribution in [-0.2, 0) is 32.6 Å². The third-order valence-electron chi connectivity index (χ3n) is 6.26. The molecule has 202 valence electrons. The first-order valence-corrected chi connectivity index (χ1v) is 14.3. The van der Waals surface area contributed by atoms with Crippen LogP contribution in [0, 0.1) is 6.92 Å². The zero-order valence-corrected chi connectivity index (χ0v) is 23.1. The van der Waals surface area contributed by atoms with E-state index in [1.807, 2.05) is 68.4 Å². The van der Waals surface area contributed by atoms with Crippen LogP contribution in [0.2, 0.25) is 0 Å². The lowest BCUT2D eigenvalue weighted by Crippen LogP contribution is -2.53. The maximum absolute atomic E-state index is 14.0. The first kappa shape index (κ1) is 28.7. The summed E-state index contributed by atoms with van der Waals surface area (Å²) in [6.07, 6.45) is 1.34. The molecule has 0 spiro atoms. The Morgan fingerprint density at radius 1 is 0.947 bits per heavy atom. The van der Waals surface area contributed by atoms with Gasteiger partial charge in [0, 0.05) is 19.5 Å². The number of rotatable bonds is 12. The molecule has 3 aromatic rings. The van der Waals surface area contributed by atoms with E-state index in [9.17, 15) is 18.0 Å². The van der Waals surface area contributed by atoms with Crippen molar-refractivity contribution in [1.29, 1.82) is 0 Å². The molecule has 0 saturated heterocycles. The van der Waals surface area contributed by atoms with Gasteiger partial charge >= 0.3 is 0 Å². The fourth-order valence-corrected chi connectivity index (χ4v) is 5.03. The molecule has 9 heteroatoms. The fraction of sp³-hybridized carbons (Fsp3) is 0.310. The number of nitrogens with one attached hydrogen (secondary N) is 1. The van der Waals surface area contributed by atoms with Crippen LogP contribution in [0.1, 0.15) is 23.6 Å². The standard InChI is InChI=1S/C29H35N3O5S/c1-5-30-29(34)27(19-23-12-7-6-8-13-23)31(20-24-14-10-9-11-22(24)2)28(33)21-32(38(4,35)36)25-15-17-26(37-3)18-16-25/h6-18,27H,5,19-21H2,1-4H3,(H,30,34). The molecule has 1 unspecified atom stereocenters. The van der Waals surface area contributed by atoms with E-state index in [1.165, 1.54) is 12.0 Å². The molecular formula is C29H35N3O5S. The smallest absolute Gasteiger partial charge is 0.244 e. The number of benzene rings is 3. The largest absolute Gasteiger partial charge is 0.497 e. The number of likely N-dealkylation sites (N-methyl/N-ethyl adjacent to an activating group) is 1. The second-order valence-electron chi connectivity index (χ2n) is 9.02. The lowest BCUT2D eigenvalue weighted by molar-refractivity contribution is -0.140. The number of methoxy groups -OCH3 is 1. The average molecular weight is 538 g/mol. The van der Waals surface area contributed by atoms with Gasteiger partial charge in [-0.05, 0) is 54.8 Å². The van der Waals surface area contributed by atoms with Crippen LogP contribution >= 0.6 is 0 Å². The third kappa shape index (κ3) is 7.58. The summed E-state index contributed by atoms with van der Waals surface area (Å²) < 4.78 is 31.8. The topological polar surface area (TPSA) is 96.0 Å². The molecule has 3 rings (SSSR count). The van der Waals surface area contributed by atoms with Gasteiger partial charge in [0.15, 0.2) is 0 Å². The first-order valence-electron chi connectivity index (χ1n) is 12.4. The van der Waals surface area contributed by atoms with Gasteiger partial charge in [-0.25, -0.2) is 8.42 Å². The zero-order chi connectivity index (χ0) is 27.7. The summed E-state index contributed by atoms with van der Waals surface area (Å²) in [7, 11) is -2.30. The van der Waals surface area contributed by atoms with Gasteiger partial charge in [0.1, 0.15) is 18.3 Å². The molecule has 0 fully saturated rings. The van der Waals surface area contributed by atoms with Crippen molar-refractivity contribution in [2.24, 2.45) is 0 Å². The van der Waals surface area contributed by atoms with E-state index in [0.717, 1.165) is 27.3 Å². The molecule has 0 aliphatic rings. The summed E-state index contributed by atoms with van der Waals surface area (Å²) >= 11 is 0. The number of hydrogen-bond acceptors (Lipinski definition) is 5. The highest BCUT2D eigenvalue weighted by Crippen LogP contribution is 2.23. The highest BCUT2D eigenvalue weighted by Gasteiger charge is 2.33. The molecule has 0 radical (unpaired) electrons. The molecule has 8 nitrogen and oxygen atoms in total. The number of carbonyl (C=O) groups is 2. The summed E-state index contributed by atoms with van der Waals surface area (Å²) in [5.74, 6) is -0.218. The third-order valence-corrected chi connectivity index (χ3v) is 7.40. The lowest BCUT2D eigenvalue weighted by Gasteiger charge is -2.33. The Bertz CT molecular complexity index is 1330. The van der Waals surface area contributed by atoms with Gasteiger partial charge < -0.3 is 15.0 Å². The minimum Gasteiger partial charge on any atom is -0.497 e. The number of aryl methyl sites for hydroxylation is 1. The van der Waals surface area contributed by atoms with Crippen molar-refractivity contribution >= 4 is 27.5 Å². The molecule has 0 aromatic heterocycles. The maximum Gasteiger partial charge on any atom is 0.244 e. The van der Waals surface area contributed by atoms with E-state index in [0.29, 0.717) is 18.0 Å². The maximum atomic E-state index is 14.0. The van der Waals surface area contributed by atoms with E-state index >= 15 is 0 Å². The Kier molecular flexibility index (Phi) is 9.90. The Morgan fingerprint density at radius 2 is 1.58 bits per heavy atom. The number of hydrogen-bond donors (Lipinski definition) is 1. The van der Waals surface area contributed by atoms with Crippen molar-refractivity contribution in [2.45, 2.75) is 32.9 Å². The molecular weight excluding hydrogens is 502 g/mol. The molecule has 0 heterocycles. The number of nitrogens with zero attached hydrogens (tertiary/aromatic N) is 2. The molecule has 0 saturated carbocycles. The molecule has 3 aromatic carbocycles. The predicted molar refractivity (Wildman–Crippen MR) is 150 cm³/mol. The van der Waals surface area contributed by atoms with Gasteiger partial charge in [-0.1, -0.05) is 54.6 Å². The van der Waals surface area contributed by atoms with E-state index in [2.05, 4.69) is 5.32 Å².